The summed E-state index contributed by atoms with van der Waals surface area (Å²) in [6.45, 7) is 2.40. The molecule has 1 aromatic rings. The van der Waals surface area contributed by atoms with Gasteiger partial charge in [-0.3, -0.25) is 0 Å². The number of hydrogen-bond acceptors (Lipinski definition) is 2. The summed E-state index contributed by atoms with van der Waals surface area (Å²) in [5.41, 5.74) is 0. The number of rotatable bonds is 4. The number of nitrogens with one attached hydrogen (secondary N) is 2. The van der Waals surface area contributed by atoms with Gasteiger partial charge in [-0.1, -0.05) is 6.92 Å². The van der Waals surface area contributed by atoms with Crippen LogP contribution in [-0.4, -0.2) is 19.9 Å². The highest BCUT2D eigenvalue weighted by Crippen LogP contribution is 2.05. The summed E-state index contributed by atoms with van der Waals surface area (Å²) in [6, 6.07) is 1.53. The Bertz CT molecular complexity index is 315. The lowest BCUT2D eigenvalue weighted by atomic mass is 10.5. The minimum atomic E-state index is -3.26. The van der Waals surface area contributed by atoms with Crippen LogP contribution in [0.5, 0.6) is 0 Å². The number of hydrogen-bond donors (Lipinski definition) is 2. The van der Waals surface area contributed by atoms with E-state index in [4.69, 9.17) is 0 Å². The Kier molecular flexibility index (Phi) is 2.88. The quantitative estimate of drug-likeness (QED) is 0.730. The van der Waals surface area contributed by atoms with E-state index in [0.29, 0.717) is 6.54 Å². The minimum absolute atomic E-state index is 0.288. The molecule has 0 saturated heterocycles. The summed E-state index contributed by atoms with van der Waals surface area (Å²) in [7, 11) is -3.26. The third-order valence-electron chi connectivity index (χ3n) is 1.42. The van der Waals surface area contributed by atoms with Crippen LogP contribution in [0.2, 0.25) is 0 Å². The molecule has 0 unspecified atom stereocenters. The maximum atomic E-state index is 11.3. The molecule has 4 nitrogen and oxygen atoms in total. The SMILES string of the molecule is CCCNS(=O)(=O)c1cc[nH]c1. The van der Waals surface area contributed by atoms with Crippen LogP contribution in [0.1, 0.15) is 13.3 Å². The number of H-pyrrole nitrogens is 1. The highest BCUT2D eigenvalue weighted by Gasteiger charge is 2.11. The first-order valence-corrected chi connectivity index (χ1v) is 5.27. The summed E-state index contributed by atoms with van der Waals surface area (Å²) < 4.78 is 25.1. The van der Waals surface area contributed by atoms with E-state index in [9.17, 15) is 8.42 Å². The van der Waals surface area contributed by atoms with Gasteiger partial charge in [0.25, 0.3) is 0 Å². The lowest BCUT2D eigenvalue weighted by Gasteiger charge is -2.01. The molecule has 0 fully saturated rings. The standard InChI is InChI=1S/C7H12N2O2S/c1-2-4-9-12(10,11)7-3-5-8-6-7/h3,5-6,8-9H,2,4H2,1H3. The molecule has 0 atom stereocenters. The maximum absolute atomic E-state index is 11.3. The summed E-state index contributed by atoms with van der Waals surface area (Å²) in [4.78, 5) is 2.98. The second-order valence-electron chi connectivity index (χ2n) is 2.44. The zero-order valence-electron chi connectivity index (χ0n) is 6.87. The second kappa shape index (κ2) is 3.73. The van der Waals surface area contributed by atoms with Crippen LogP contribution in [0.4, 0.5) is 0 Å². The molecule has 12 heavy (non-hydrogen) atoms. The molecule has 0 spiro atoms. The van der Waals surface area contributed by atoms with E-state index in [-0.39, 0.29) is 4.90 Å². The Morgan fingerprint density at radius 3 is 2.83 bits per heavy atom. The van der Waals surface area contributed by atoms with Crippen molar-refractivity contribution < 1.29 is 8.42 Å². The molecule has 1 heterocycles. The molecule has 0 amide bonds. The minimum Gasteiger partial charge on any atom is -0.366 e. The first kappa shape index (κ1) is 9.28. The Hall–Kier alpha value is -0.810. The molecule has 0 radical (unpaired) electrons. The molecule has 0 bridgehead atoms. The number of aromatic amines is 1. The predicted octanol–water partition coefficient (Wildman–Crippen LogP) is 0.703. The zero-order valence-corrected chi connectivity index (χ0v) is 7.69. The van der Waals surface area contributed by atoms with Gasteiger partial charge in [0.1, 0.15) is 0 Å². The van der Waals surface area contributed by atoms with Crippen molar-refractivity contribution >= 4 is 10.0 Å². The molecule has 0 aromatic carbocycles. The van der Waals surface area contributed by atoms with Crippen molar-refractivity contribution in [2.75, 3.05) is 6.54 Å². The molecule has 5 heteroatoms. The van der Waals surface area contributed by atoms with Crippen molar-refractivity contribution in [2.24, 2.45) is 0 Å². The molecule has 1 rings (SSSR count). The van der Waals surface area contributed by atoms with Crippen LogP contribution in [-0.2, 0) is 10.0 Å². The topological polar surface area (TPSA) is 62.0 Å². The Balaban J connectivity index is 2.74. The number of sulfonamides is 1. The number of aromatic nitrogens is 1. The fourth-order valence-electron chi connectivity index (χ4n) is 0.796. The van der Waals surface area contributed by atoms with Gasteiger partial charge in [0, 0.05) is 18.9 Å². The van der Waals surface area contributed by atoms with E-state index < -0.39 is 10.0 Å². The van der Waals surface area contributed by atoms with Crippen LogP contribution in [0.15, 0.2) is 23.4 Å². The van der Waals surface area contributed by atoms with Crippen molar-refractivity contribution in [3.8, 4) is 0 Å². The van der Waals surface area contributed by atoms with Gasteiger partial charge >= 0.3 is 0 Å². The fraction of sp³-hybridized carbons (Fsp3) is 0.429. The molecule has 2 N–H and O–H groups in total. The predicted molar refractivity (Wildman–Crippen MR) is 46.3 cm³/mol. The lowest BCUT2D eigenvalue weighted by Crippen LogP contribution is -2.23. The summed E-state index contributed by atoms with van der Waals surface area (Å²) in [6.07, 6.45) is 3.84. The van der Waals surface area contributed by atoms with E-state index in [2.05, 4.69) is 9.71 Å². The molecular formula is C7H12N2O2S. The first-order valence-electron chi connectivity index (χ1n) is 3.79. The van der Waals surface area contributed by atoms with Gasteiger partial charge in [0.05, 0.1) is 4.90 Å². The average molecular weight is 188 g/mol. The molecule has 0 aliphatic rings. The molecule has 0 aliphatic heterocycles. The van der Waals surface area contributed by atoms with Gasteiger partial charge in [-0.15, -0.1) is 0 Å². The van der Waals surface area contributed by atoms with Gasteiger partial charge in [0.2, 0.25) is 10.0 Å². The molecule has 0 saturated carbocycles. The third-order valence-corrected chi connectivity index (χ3v) is 2.88. The smallest absolute Gasteiger partial charge is 0.242 e. The van der Waals surface area contributed by atoms with E-state index in [1.807, 2.05) is 6.92 Å². The Morgan fingerprint density at radius 2 is 2.33 bits per heavy atom. The van der Waals surface area contributed by atoms with Gasteiger partial charge in [0.15, 0.2) is 0 Å². The third kappa shape index (κ3) is 2.09. The van der Waals surface area contributed by atoms with Crippen molar-refractivity contribution in [1.82, 2.24) is 9.71 Å². The summed E-state index contributed by atoms with van der Waals surface area (Å²) in [5.74, 6) is 0. The summed E-state index contributed by atoms with van der Waals surface area (Å²) in [5, 5.41) is 0. The second-order valence-corrected chi connectivity index (χ2v) is 4.21. The largest absolute Gasteiger partial charge is 0.366 e. The first-order chi connectivity index (χ1) is 5.67. The van der Waals surface area contributed by atoms with E-state index in [1.54, 1.807) is 6.20 Å². The van der Waals surface area contributed by atoms with Crippen LogP contribution in [0.3, 0.4) is 0 Å². The van der Waals surface area contributed by atoms with E-state index in [1.165, 1.54) is 12.3 Å². The van der Waals surface area contributed by atoms with Gasteiger partial charge in [-0.05, 0) is 12.5 Å². The van der Waals surface area contributed by atoms with Crippen molar-refractivity contribution in [1.29, 1.82) is 0 Å². The molecular weight excluding hydrogens is 176 g/mol. The highest BCUT2D eigenvalue weighted by atomic mass is 32.2. The monoisotopic (exact) mass is 188 g/mol. The van der Waals surface area contributed by atoms with Gasteiger partial charge < -0.3 is 4.98 Å². The Labute approximate surface area is 72.0 Å². The fourth-order valence-corrected chi connectivity index (χ4v) is 1.91. The molecule has 0 aliphatic carbocycles. The molecule has 68 valence electrons. The van der Waals surface area contributed by atoms with Crippen molar-refractivity contribution in [2.45, 2.75) is 18.2 Å². The van der Waals surface area contributed by atoms with Crippen LogP contribution >= 0.6 is 0 Å². The van der Waals surface area contributed by atoms with Crippen molar-refractivity contribution in [3.05, 3.63) is 18.5 Å². The summed E-state index contributed by atoms with van der Waals surface area (Å²) >= 11 is 0. The average Bonchev–Trinajstić information content (AvgIpc) is 2.53. The molecule has 1 aromatic heterocycles. The van der Waals surface area contributed by atoms with Crippen LogP contribution < -0.4 is 4.72 Å². The van der Waals surface area contributed by atoms with Gasteiger partial charge in [-0.2, -0.15) is 0 Å². The Morgan fingerprint density at radius 1 is 1.58 bits per heavy atom. The van der Waals surface area contributed by atoms with Crippen molar-refractivity contribution in [3.63, 3.8) is 0 Å². The van der Waals surface area contributed by atoms with Crippen LogP contribution in [0.25, 0.3) is 0 Å². The maximum Gasteiger partial charge on any atom is 0.242 e. The lowest BCUT2D eigenvalue weighted by molar-refractivity contribution is 0.581. The normalized spacial score (nSPS) is 11.8. The van der Waals surface area contributed by atoms with Crippen LogP contribution in [0, 0.1) is 0 Å². The van der Waals surface area contributed by atoms with Gasteiger partial charge in [-0.25, -0.2) is 13.1 Å². The van der Waals surface area contributed by atoms with E-state index >= 15 is 0 Å². The zero-order chi connectivity index (χ0) is 9.03. The highest BCUT2D eigenvalue weighted by molar-refractivity contribution is 7.89. The van der Waals surface area contributed by atoms with E-state index in [0.717, 1.165) is 6.42 Å².